The van der Waals surface area contributed by atoms with Crippen molar-refractivity contribution in [3.63, 3.8) is 0 Å². The van der Waals surface area contributed by atoms with E-state index < -0.39 is 5.41 Å². The highest BCUT2D eigenvalue weighted by molar-refractivity contribution is 9.10. The van der Waals surface area contributed by atoms with Crippen LogP contribution in [0.1, 0.15) is 20.8 Å². The van der Waals surface area contributed by atoms with Crippen molar-refractivity contribution < 1.29 is 4.79 Å². The minimum absolute atomic E-state index is 0.150. The number of hydrogen-bond acceptors (Lipinski definition) is 4. The summed E-state index contributed by atoms with van der Waals surface area (Å²) in [6, 6.07) is 9.82. The summed E-state index contributed by atoms with van der Waals surface area (Å²) in [6.45, 7) is 5.49. The maximum Gasteiger partial charge on any atom is 0.232 e. The predicted octanol–water partition coefficient (Wildman–Crippen LogP) is 3.77. The summed E-state index contributed by atoms with van der Waals surface area (Å²) in [5, 5.41) is 10.7. The minimum atomic E-state index is -0.522. The molecule has 0 radical (unpaired) electrons. The van der Waals surface area contributed by atoms with Crippen LogP contribution in [-0.2, 0) is 4.79 Å². The first-order chi connectivity index (χ1) is 10.9. The quantitative estimate of drug-likeness (QED) is 0.669. The highest BCUT2D eigenvalue weighted by Gasteiger charge is 2.23. The minimum Gasteiger partial charge on any atom is -0.294 e. The molecule has 7 heteroatoms. The van der Waals surface area contributed by atoms with E-state index in [-0.39, 0.29) is 11.9 Å². The van der Waals surface area contributed by atoms with Crippen molar-refractivity contribution in [2.75, 3.05) is 5.32 Å². The number of halogens is 1. The molecule has 0 aliphatic heterocycles. The lowest BCUT2D eigenvalue weighted by Crippen LogP contribution is -2.28. The molecule has 2 heterocycles. The molecule has 0 saturated carbocycles. The fraction of sp³-hybridized carbons (Fsp3) is 0.250. The number of carbonyl (C=O) groups excluding carboxylic acids is 1. The molecule has 0 fully saturated rings. The van der Waals surface area contributed by atoms with E-state index in [2.05, 4.69) is 41.4 Å². The second-order valence-electron chi connectivity index (χ2n) is 6.21. The van der Waals surface area contributed by atoms with Gasteiger partial charge in [0.1, 0.15) is 4.60 Å². The Morgan fingerprint density at radius 1 is 1.17 bits per heavy atom. The summed E-state index contributed by atoms with van der Waals surface area (Å²) in [5.41, 5.74) is 1.80. The van der Waals surface area contributed by atoms with Crippen molar-refractivity contribution in [3.8, 4) is 11.3 Å². The van der Waals surface area contributed by atoms with Gasteiger partial charge in [-0.15, -0.1) is 0 Å². The second kappa shape index (κ2) is 5.73. The highest BCUT2D eigenvalue weighted by Crippen LogP contribution is 2.31. The van der Waals surface area contributed by atoms with Gasteiger partial charge in [-0.3, -0.25) is 15.2 Å². The van der Waals surface area contributed by atoms with Gasteiger partial charge in [-0.2, -0.15) is 10.1 Å². The maximum absolute atomic E-state index is 12.1. The number of aromatic nitrogens is 4. The zero-order valence-corrected chi connectivity index (χ0v) is 14.6. The van der Waals surface area contributed by atoms with Crippen LogP contribution in [0.3, 0.4) is 0 Å². The Kier molecular flexibility index (Phi) is 3.89. The Labute approximate surface area is 141 Å². The lowest BCUT2D eigenvalue weighted by atomic mass is 9.96. The number of benzene rings is 1. The Morgan fingerprint density at radius 3 is 2.52 bits per heavy atom. The molecule has 118 valence electrons. The lowest BCUT2D eigenvalue weighted by molar-refractivity contribution is -0.123. The summed E-state index contributed by atoms with van der Waals surface area (Å²) in [5.74, 6) is 0.0815. The van der Waals surface area contributed by atoms with Crippen LogP contribution in [0.4, 0.5) is 5.95 Å². The van der Waals surface area contributed by atoms with Crippen molar-refractivity contribution >= 4 is 38.8 Å². The standard InChI is InChI=1S/C16H16BrN5O/c1-16(2,3)14(23)20-15-18-12(17)10-11(21-22-13(10)19-15)9-7-5-4-6-8-9/h4-8H,1-3H3,(H2,18,19,20,21,22,23). The van der Waals surface area contributed by atoms with Crippen LogP contribution in [0.5, 0.6) is 0 Å². The van der Waals surface area contributed by atoms with Crippen LogP contribution in [0.2, 0.25) is 0 Å². The van der Waals surface area contributed by atoms with E-state index in [1.807, 2.05) is 51.1 Å². The van der Waals surface area contributed by atoms with Gasteiger partial charge >= 0.3 is 0 Å². The molecule has 0 spiro atoms. The summed E-state index contributed by atoms with van der Waals surface area (Å²) in [6.07, 6.45) is 0. The number of hydrogen-bond donors (Lipinski definition) is 2. The van der Waals surface area contributed by atoms with Gasteiger partial charge in [-0.25, -0.2) is 4.98 Å². The summed E-state index contributed by atoms with van der Waals surface area (Å²) in [7, 11) is 0. The number of rotatable bonds is 2. The van der Waals surface area contributed by atoms with Gasteiger partial charge in [-0.1, -0.05) is 51.1 Å². The average Bonchev–Trinajstić information content (AvgIpc) is 2.91. The normalized spacial score (nSPS) is 11.7. The van der Waals surface area contributed by atoms with Crippen LogP contribution < -0.4 is 5.32 Å². The summed E-state index contributed by atoms with van der Waals surface area (Å²) in [4.78, 5) is 20.7. The fourth-order valence-electron chi connectivity index (χ4n) is 2.04. The smallest absolute Gasteiger partial charge is 0.232 e. The molecular formula is C16H16BrN5O. The number of H-pyrrole nitrogens is 1. The third kappa shape index (κ3) is 3.10. The van der Waals surface area contributed by atoms with Gasteiger partial charge in [0.15, 0.2) is 5.65 Å². The van der Waals surface area contributed by atoms with Gasteiger partial charge in [0.05, 0.1) is 11.1 Å². The molecule has 3 rings (SSSR count). The molecule has 0 unspecified atom stereocenters. The van der Waals surface area contributed by atoms with Crippen LogP contribution in [-0.4, -0.2) is 26.1 Å². The first-order valence-corrected chi connectivity index (χ1v) is 7.94. The van der Waals surface area contributed by atoms with Crippen LogP contribution in [0, 0.1) is 5.41 Å². The number of amides is 1. The monoisotopic (exact) mass is 373 g/mol. The molecule has 0 bridgehead atoms. The van der Waals surface area contributed by atoms with Crippen molar-refractivity contribution in [3.05, 3.63) is 34.9 Å². The number of fused-ring (bicyclic) bond motifs is 1. The lowest BCUT2D eigenvalue weighted by Gasteiger charge is -2.16. The van der Waals surface area contributed by atoms with Gasteiger partial charge in [0.25, 0.3) is 0 Å². The molecule has 0 aliphatic rings. The van der Waals surface area contributed by atoms with Gasteiger partial charge in [0, 0.05) is 11.0 Å². The third-order valence-electron chi connectivity index (χ3n) is 3.34. The zero-order valence-electron chi connectivity index (χ0n) is 13.0. The van der Waals surface area contributed by atoms with Crippen LogP contribution in [0.25, 0.3) is 22.3 Å². The Bertz CT molecular complexity index is 867. The number of carbonyl (C=O) groups is 1. The topological polar surface area (TPSA) is 83.6 Å². The number of aromatic amines is 1. The molecular weight excluding hydrogens is 358 g/mol. The number of nitrogens with one attached hydrogen (secondary N) is 2. The summed E-state index contributed by atoms with van der Waals surface area (Å²) >= 11 is 3.45. The molecule has 6 nitrogen and oxygen atoms in total. The largest absolute Gasteiger partial charge is 0.294 e. The van der Waals surface area contributed by atoms with E-state index in [4.69, 9.17) is 0 Å². The molecule has 1 aromatic carbocycles. The van der Waals surface area contributed by atoms with E-state index in [0.29, 0.717) is 10.3 Å². The number of anilines is 1. The first kappa shape index (κ1) is 15.6. The van der Waals surface area contributed by atoms with E-state index >= 15 is 0 Å². The molecule has 2 N–H and O–H groups in total. The molecule has 0 aliphatic carbocycles. The van der Waals surface area contributed by atoms with Crippen molar-refractivity contribution in [2.24, 2.45) is 5.41 Å². The van der Waals surface area contributed by atoms with Gasteiger partial charge in [0.2, 0.25) is 11.9 Å². The second-order valence-corrected chi connectivity index (χ2v) is 6.96. The Morgan fingerprint density at radius 2 is 1.87 bits per heavy atom. The summed E-state index contributed by atoms with van der Waals surface area (Å²) < 4.78 is 0.583. The van der Waals surface area contributed by atoms with E-state index in [9.17, 15) is 4.79 Å². The molecule has 3 aromatic rings. The van der Waals surface area contributed by atoms with E-state index in [0.717, 1.165) is 16.6 Å². The van der Waals surface area contributed by atoms with Crippen molar-refractivity contribution in [1.82, 2.24) is 20.2 Å². The van der Waals surface area contributed by atoms with Gasteiger partial charge < -0.3 is 0 Å². The third-order valence-corrected chi connectivity index (χ3v) is 3.91. The zero-order chi connectivity index (χ0) is 16.6. The number of nitrogens with zero attached hydrogens (tertiary/aromatic N) is 3. The molecule has 2 aromatic heterocycles. The first-order valence-electron chi connectivity index (χ1n) is 7.15. The predicted molar refractivity (Wildman–Crippen MR) is 92.9 cm³/mol. The average molecular weight is 374 g/mol. The molecule has 0 saturated heterocycles. The molecule has 1 amide bonds. The van der Waals surface area contributed by atoms with E-state index in [1.165, 1.54) is 0 Å². The molecule has 23 heavy (non-hydrogen) atoms. The Balaban J connectivity index is 2.03. The highest BCUT2D eigenvalue weighted by atomic mass is 79.9. The van der Waals surface area contributed by atoms with Crippen molar-refractivity contribution in [2.45, 2.75) is 20.8 Å². The van der Waals surface area contributed by atoms with Crippen LogP contribution >= 0.6 is 15.9 Å². The van der Waals surface area contributed by atoms with Gasteiger partial charge in [-0.05, 0) is 15.9 Å². The van der Waals surface area contributed by atoms with Crippen LogP contribution in [0.15, 0.2) is 34.9 Å². The Hall–Kier alpha value is -2.28. The SMILES string of the molecule is CC(C)(C)C(=O)Nc1nc(Br)c2c(-c3ccccc3)[nH]nc2n1. The fourth-order valence-corrected chi connectivity index (χ4v) is 2.59. The van der Waals surface area contributed by atoms with Crippen molar-refractivity contribution in [1.29, 1.82) is 0 Å². The van der Waals surface area contributed by atoms with E-state index in [1.54, 1.807) is 0 Å². The molecule has 0 atom stereocenters. The maximum atomic E-state index is 12.1.